The molecule has 0 bridgehead atoms. The van der Waals surface area contributed by atoms with Gasteiger partial charge in [-0.1, -0.05) is 12.1 Å². The van der Waals surface area contributed by atoms with Crippen molar-refractivity contribution in [2.24, 2.45) is 16.6 Å². The monoisotopic (exact) mass is 352 g/mol. The van der Waals surface area contributed by atoms with Crippen molar-refractivity contribution in [1.29, 1.82) is 0 Å². The Labute approximate surface area is 145 Å². The Hall–Kier alpha value is -1.86. The molecule has 0 amide bonds. The Balaban J connectivity index is 1.76. The maximum absolute atomic E-state index is 12.9. The number of alkyl halides is 3. The highest BCUT2D eigenvalue weighted by Gasteiger charge is 2.42. The summed E-state index contributed by atoms with van der Waals surface area (Å²) in [5, 5.41) is 0. The molecule has 1 atom stereocenters. The van der Waals surface area contributed by atoms with Gasteiger partial charge in [-0.25, -0.2) is 4.99 Å². The highest BCUT2D eigenvalue weighted by molar-refractivity contribution is 5.94. The number of hydrogen-bond acceptors (Lipinski definition) is 4. The lowest BCUT2D eigenvalue weighted by atomic mass is 9.96. The van der Waals surface area contributed by atoms with Crippen molar-refractivity contribution in [3.8, 4) is 0 Å². The molecule has 7 heteroatoms. The summed E-state index contributed by atoms with van der Waals surface area (Å²) in [5.74, 6) is -1.20. The predicted octanol–water partition coefficient (Wildman–Crippen LogP) is 3.50. The fourth-order valence-electron chi connectivity index (χ4n) is 3.29. The first-order valence-corrected chi connectivity index (χ1v) is 8.49. The number of benzene rings is 1. The minimum Gasteiger partial charge on any atom is -0.326 e. The van der Waals surface area contributed by atoms with Gasteiger partial charge in [-0.05, 0) is 43.5 Å². The standard InChI is InChI=1S/C18H23F3N4/c1-13-6-11-25(16-4-2-14(12-22)3-5-16)17(23-13)24-9-7-15(8-10-24)18(19,20)21/h2-6,11,15,17H,7-10,12,22H2,1H3. The molecule has 4 nitrogen and oxygen atoms in total. The first kappa shape index (κ1) is 17.9. The molecule has 0 aliphatic carbocycles. The van der Waals surface area contributed by atoms with Gasteiger partial charge in [-0.3, -0.25) is 4.90 Å². The molecule has 0 aromatic heterocycles. The van der Waals surface area contributed by atoms with E-state index in [9.17, 15) is 13.2 Å². The van der Waals surface area contributed by atoms with Crippen molar-refractivity contribution in [2.45, 2.75) is 38.8 Å². The molecule has 3 rings (SSSR count). The van der Waals surface area contributed by atoms with Crippen molar-refractivity contribution in [3.63, 3.8) is 0 Å². The number of nitrogens with zero attached hydrogens (tertiary/aromatic N) is 3. The number of rotatable bonds is 3. The molecule has 2 heterocycles. The zero-order valence-electron chi connectivity index (χ0n) is 14.2. The van der Waals surface area contributed by atoms with Crippen LogP contribution in [-0.2, 0) is 6.54 Å². The van der Waals surface area contributed by atoms with Crippen molar-refractivity contribution >= 4 is 11.4 Å². The van der Waals surface area contributed by atoms with Crippen LogP contribution in [0.1, 0.15) is 25.3 Å². The third-order valence-corrected chi connectivity index (χ3v) is 4.83. The fourth-order valence-corrected chi connectivity index (χ4v) is 3.29. The molecule has 136 valence electrons. The Morgan fingerprint density at radius 3 is 2.36 bits per heavy atom. The van der Waals surface area contributed by atoms with Gasteiger partial charge in [-0.2, -0.15) is 13.2 Å². The maximum atomic E-state index is 12.9. The number of likely N-dealkylation sites (tertiary alicyclic amines) is 1. The minimum absolute atomic E-state index is 0.123. The van der Waals surface area contributed by atoms with Crippen LogP contribution in [0.4, 0.5) is 18.9 Å². The first-order valence-electron chi connectivity index (χ1n) is 8.49. The van der Waals surface area contributed by atoms with Crippen LogP contribution < -0.4 is 10.6 Å². The lowest BCUT2D eigenvalue weighted by Crippen LogP contribution is -2.51. The molecule has 1 aromatic rings. The van der Waals surface area contributed by atoms with Gasteiger partial charge in [0.1, 0.15) is 0 Å². The third-order valence-electron chi connectivity index (χ3n) is 4.83. The molecular weight excluding hydrogens is 329 g/mol. The molecule has 1 aromatic carbocycles. The average Bonchev–Trinajstić information content (AvgIpc) is 2.61. The van der Waals surface area contributed by atoms with Crippen LogP contribution in [0, 0.1) is 5.92 Å². The highest BCUT2D eigenvalue weighted by Crippen LogP contribution is 2.35. The molecule has 0 spiro atoms. The molecule has 1 unspecified atom stereocenters. The predicted molar refractivity (Wildman–Crippen MR) is 93.2 cm³/mol. The van der Waals surface area contributed by atoms with E-state index < -0.39 is 12.1 Å². The number of hydrogen-bond donors (Lipinski definition) is 1. The zero-order chi connectivity index (χ0) is 18.0. The molecule has 2 N–H and O–H groups in total. The molecule has 1 saturated heterocycles. The van der Waals surface area contributed by atoms with Gasteiger partial charge >= 0.3 is 6.18 Å². The van der Waals surface area contributed by atoms with E-state index in [2.05, 4.69) is 4.99 Å². The summed E-state index contributed by atoms with van der Waals surface area (Å²) in [6, 6.07) is 7.86. The van der Waals surface area contributed by atoms with Crippen LogP contribution in [0.3, 0.4) is 0 Å². The zero-order valence-corrected chi connectivity index (χ0v) is 14.2. The normalized spacial score (nSPS) is 23.0. The van der Waals surface area contributed by atoms with Crippen LogP contribution in [-0.4, -0.2) is 36.2 Å². The van der Waals surface area contributed by atoms with Gasteiger partial charge in [0.15, 0.2) is 6.29 Å². The van der Waals surface area contributed by atoms with Crippen LogP contribution in [0.25, 0.3) is 0 Å². The average molecular weight is 352 g/mol. The van der Waals surface area contributed by atoms with Crippen molar-refractivity contribution in [2.75, 3.05) is 18.0 Å². The van der Waals surface area contributed by atoms with Gasteiger partial charge < -0.3 is 10.6 Å². The summed E-state index contributed by atoms with van der Waals surface area (Å²) in [6.07, 6.45) is -0.301. The number of nitrogens with two attached hydrogens (primary N) is 1. The van der Waals surface area contributed by atoms with E-state index in [0.29, 0.717) is 19.6 Å². The molecule has 2 aliphatic rings. The van der Waals surface area contributed by atoms with Gasteiger partial charge in [0.05, 0.1) is 5.92 Å². The number of anilines is 1. The molecule has 0 radical (unpaired) electrons. The lowest BCUT2D eigenvalue weighted by molar-refractivity contribution is -0.186. The number of halogens is 3. The minimum atomic E-state index is -4.10. The van der Waals surface area contributed by atoms with E-state index in [-0.39, 0.29) is 19.1 Å². The van der Waals surface area contributed by atoms with Crippen LogP contribution >= 0.6 is 0 Å². The van der Waals surface area contributed by atoms with E-state index in [4.69, 9.17) is 5.73 Å². The summed E-state index contributed by atoms with van der Waals surface area (Å²) in [5.41, 5.74) is 8.50. The van der Waals surface area contributed by atoms with Crippen LogP contribution in [0.5, 0.6) is 0 Å². The van der Waals surface area contributed by atoms with E-state index in [1.807, 2.05) is 53.3 Å². The lowest BCUT2D eigenvalue weighted by Gasteiger charge is -2.42. The number of allylic oxidation sites excluding steroid dienone is 1. The fraction of sp³-hybridized carbons (Fsp3) is 0.500. The summed E-state index contributed by atoms with van der Waals surface area (Å²) in [4.78, 5) is 8.69. The molecule has 1 fully saturated rings. The quantitative estimate of drug-likeness (QED) is 0.906. The van der Waals surface area contributed by atoms with E-state index in [1.54, 1.807) is 0 Å². The Morgan fingerprint density at radius 2 is 1.80 bits per heavy atom. The highest BCUT2D eigenvalue weighted by atomic mass is 19.4. The summed E-state index contributed by atoms with van der Waals surface area (Å²) in [7, 11) is 0. The molecule has 0 saturated carbocycles. The van der Waals surface area contributed by atoms with Crippen LogP contribution in [0.15, 0.2) is 41.5 Å². The summed E-state index contributed by atoms with van der Waals surface area (Å²) >= 11 is 0. The molecule has 2 aliphatic heterocycles. The number of piperidine rings is 1. The summed E-state index contributed by atoms with van der Waals surface area (Å²) < 4.78 is 38.7. The second-order valence-corrected chi connectivity index (χ2v) is 6.56. The van der Waals surface area contributed by atoms with Gasteiger partial charge in [0, 0.05) is 37.2 Å². The maximum Gasteiger partial charge on any atom is 0.391 e. The van der Waals surface area contributed by atoms with Crippen molar-refractivity contribution in [1.82, 2.24) is 4.90 Å². The van der Waals surface area contributed by atoms with E-state index in [0.717, 1.165) is 17.0 Å². The molecular formula is C18H23F3N4. The second kappa shape index (κ2) is 7.17. The van der Waals surface area contributed by atoms with Crippen molar-refractivity contribution < 1.29 is 13.2 Å². The van der Waals surface area contributed by atoms with Crippen LogP contribution in [0.2, 0.25) is 0 Å². The first-order chi connectivity index (χ1) is 11.9. The Bertz CT molecular complexity index is 643. The summed E-state index contributed by atoms with van der Waals surface area (Å²) in [6.45, 7) is 3.15. The van der Waals surface area contributed by atoms with Gasteiger partial charge in [0.2, 0.25) is 0 Å². The van der Waals surface area contributed by atoms with E-state index in [1.165, 1.54) is 0 Å². The van der Waals surface area contributed by atoms with E-state index >= 15 is 0 Å². The second-order valence-electron chi connectivity index (χ2n) is 6.56. The number of aliphatic imine (C=N–C) groups is 1. The van der Waals surface area contributed by atoms with Gasteiger partial charge in [0.25, 0.3) is 0 Å². The SMILES string of the molecule is CC1=NC(N2CCC(C(F)(F)F)CC2)N(c2ccc(CN)cc2)C=C1. The Kier molecular flexibility index (Phi) is 5.15. The topological polar surface area (TPSA) is 44.9 Å². The largest absolute Gasteiger partial charge is 0.391 e. The Morgan fingerprint density at radius 1 is 1.16 bits per heavy atom. The van der Waals surface area contributed by atoms with Crippen molar-refractivity contribution in [3.05, 3.63) is 42.1 Å². The van der Waals surface area contributed by atoms with Gasteiger partial charge in [-0.15, -0.1) is 0 Å². The third kappa shape index (κ3) is 4.04. The smallest absolute Gasteiger partial charge is 0.326 e. The molecule has 25 heavy (non-hydrogen) atoms.